The van der Waals surface area contributed by atoms with E-state index < -0.39 is 0 Å². The normalized spacial score (nSPS) is 20.7. The molecule has 1 atom stereocenters. The van der Waals surface area contributed by atoms with E-state index in [0.717, 1.165) is 48.1 Å². The first-order valence-corrected chi connectivity index (χ1v) is 7.51. The third kappa shape index (κ3) is 2.73. The van der Waals surface area contributed by atoms with Gasteiger partial charge in [0.15, 0.2) is 11.5 Å². The lowest BCUT2D eigenvalue weighted by molar-refractivity contribution is 0.0545. The first kappa shape index (κ1) is 14.0. The van der Waals surface area contributed by atoms with E-state index in [2.05, 4.69) is 5.32 Å². The van der Waals surface area contributed by atoms with Gasteiger partial charge < -0.3 is 19.5 Å². The van der Waals surface area contributed by atoms with Crippen molar-refractivity contribution in [2.75, 3.05) is 33.5 Å². The Bertz CT molecular complexity index is 474. The van der Waals surface area contributed by atoms with Gasteiger partial charge >= 0.3 is 0 Å². The van der Waals surface area contributed by atoms with Gasteiger partial charge in [0.1, 0.15) is 13.2 Å². The zero-order chi connectivity index (χ0) is 13.9. The lowest BCUT2D eigenvalue weighted by Gasteiger charge is -2.31. The van der Waals surface area contributed by atoms with Crippen LogP contribution in [0, 0.1) is 5.92 Å². The predicted octanol–water partition coefficient (Wildman–Crippen LogP) is 2.80. The summed E-state index contributed by atoms with van der Waals surface area (Å²) in [5.74, 6) is 2.07. The molecule has 5 heteroatoms. The number of rotatable bonds is 3. The summed E-state index contributed by atoms with van der Waals surface area (Å²) in [6.45, 7) is 2.82. The Hall–Kier alpha value is -0.970. The first-order chi connectivity index (χ1) is 9.79. The molecule has 110 valence electrons. The summed E-state index contributed by atoms with van der Waals surface area (Å²) in [6.07, 6.45) is 2.10. The van der Waals surface area contributed by atoms with Gasteiger partial charge in [-0.25, -0.2) is 0 Å². The van der Waals surface area contributed by atoms with Crippen LogP contribution in [0.4, 0.5) is 0 Å². The summed E-state index contributed by atoms with van der Waals surface area (Å²) in [4.78, 5) is 0. The number of ether oxygens (including phenoxy) is 3. The van der Waals surface area contributed by atoms with Gasteiger partial charge in [0.05, 0.1) is 0 Å². The maximum absolute atomic E-state index is 6.45. The molecule has 3 rings (SSSR count). The van der Waals surface area contributed by atoms with E-state index >= 15 is 0 Å². The average Bonchev–Trinajstić information content (AvgIpc) is 2.49. The zero-order valence-corrected chi connectivity index (χ0v) is 12.4. The number of hydrogen-bond donors (Lipinski definition) is 1. The van der Waals surface area contributed by atoms with Gasteiger partial charge in [-0.1, -0.05) is 11.6 Å². The molecule has 1 fully saturated rings. The van der Waals surface area contributed by atoms with Crippen LogP contribution in [0.3, 0.4) is 0 Å². The van der Waals surface area contributed by atoms with E-state index in [1.165, 1.54) is 0 Å². The highest BCUT2D eigenvalue weighted by molar-refractivity contribution is 6.31. The van der Waals surface area contributed by atoms with E-state index in [1.54, 1.807) is 0 Å². The molecule has 0 spiro atoms. The van der Waals surface area contributed by atoms with Gasteiger partial charge in [-0.3, -0.25) is 0 Å². The van der Waals surface area contributed by atoms with Crippen LogP contribution in [-0.4, -0.2) is 33.5 Å². The van der Waals surface area contributed by atoms with Crippen LogP contribution in [0.1, 0.15) is 24.4 Å². The molecular formula is C15H20ClNO3. The molecular weight excluding hydrogens is 278 g/mol. The van der Waals surface area contributed by atoms with Gasteiger partial charge in [-0.15, -0.1) is 0 Å². The molecule has 0 aliphatic carbocycles. The lowest BCUT2D eigenvalue weighted by Crippen LogP contribution is -2.30. The van der Waals surface area contributed by atoms with Crippen molar-refractivity contribution in [3.63, 3.8) is 0 Å². The van der Waals surface area contributed by atoms with Gasteiger partial charge in [0.2, 0.25) is 0 Å². The third-order valence-electron chi connectivity index (χ3n) is 4.04. The fraction of sp³-hybridized carbons (Fsp3) is 0.600. The van der Waals surface area contributed by atoms with Crippen LogP contribution in [0.5, 0.6) is 11.5 Å². The van der Waals surface area contributed by atoms with Crippen molar-refractivity contribution in [1.82, 2.24) is 5.32 Å². The van der Waals surface area contributed by atoms with Crippen molar-refractivity contribution in [2.45, 2.75) is 18.9 Å². The molecule has 20 heavy (non-hydrogen) atoms. The summed E-state index contributed by atoms with van der Waals surface area (Å²) in [5, 5.41) is 4.14. The van der Waals surface area contributed by atoms with Crippen molar-refractivity contribution >= 4 is 11.6 Å². The van der Waals surface area contributed by atoms with Crippen LogP contribution in [0.25, 0.3) is 0 Å². The second-order valence-electron chi connectivity index (χ2n) is 5.23. The standard InChI is InChI=1S/C15H20ClNO3/c1-17-15(10-2-4-18-5-3-10)11-8-13-14(9-12(11)16)20-7-6-19-13/h8-10,15,17H,2-7H2,1H3. The Balaban J connectivity index is 1.90. The average molecular weight is 298 g/mol. The maximum atomic E-state index is 6.45. The fourth-order valence-electron chi connectivity index (χ4n) is 3.01. The molecule has 4 nitrogen and oxygen atoms in total. The van der Waals surface area contributed by atoms with Crippen LogP contribution in [-0.2, 0) is 4.74 Å². The molecule has 1 N–H and O–H groups in total. The zero-order valence-electron chi connectivity index (χ0n) is 11.7. The Morgan fingerprint density at radius 2 is 1.75 bits per heavy atom. The minimum atomic E-state index is 0.224. The van der Waals surface area contributed by atoms with Crippen LogP contribution < -0.4 is 14.8 Å². The van der Waals surface area contributed by atoms with Gasteiger partial charge in [-0.2, -0.15) is 0 Å². The molecule has 1 aromatic rings. The molecule has 2 aliphatic heterocycles. The van der Waals surface area contributed by atoms with Crippen LogP contribution in [0.15, 0.2) is 12.1 Å². The Kier molecular flexibility index (Phi) is 4.34. The Morgan fingerprint density at radius 1 is 1.10 bits per heavy atom. The highest BCUT2D eigenvalue weighted by Gasteiger charge is 2.27. The molecule has 1 saturated heterocycles. The molecule has 0 amide bonds. The Morgan fingerprint density at radius 3 is 2.40 bits per heavy atom. The summed E-state index contributed by atoms with van der Waals surface area (Å²) in [5.41, 5.74) is 1.09. The molecule has 2 aliphatic rings. The van der Waals surface area contributed by atoms with Crippen molar-refractivity contribution in [2.24, 2.45) is 5.92 Å². The highest BCUT2D eigenvalue weighted by atomic mass is 35.5. The number of benzene rings is 1. The monoisotopic (exact) mass is 297 g/mol. The fourth-order valence-corrected chi connectivity index (χ4v) is 3.28. The number of halogens is 1. The quantitative estimate of drug-likeness (QED) is 0.931. The van der Waals surface area contributed by atoms with Crippen molar-refractivity contribution < 1.29 is 14.2 Å². The van der Waals surface area contributed by atoms with Crippen LogP contribution in [0.2, 0.25) is 5.02 Å². The second-order valence-corrected chi connectivity index (χ2v) is 5.64. The molecule has 1 unspecified atom stereocenters. The summed E-state index contributed by atoms with van der Waals surface area (Å²) < 4.78 is 16.7. The smallest absolute Gasteiger partial charge is 0.162 e. The van der Waals surface area contributed by atoms with Crippen LogP contribution >= 0.6 is 11.6 Å². The molecule has 0 radical (unpaired) electrons. The van der Waals surface area contributed by atoms with E-state index in [-0.39, 0.29) is 6.04 Å². The summed E-state index contributed by atoms with van der Waals surface area (Å²) in [7, 11) is 1.98. The van der Waals surface area contributed by atoms with Gasteiger partial charge in [-0.05, 0) is 37.4 Å². The first-order valence-electron chi connectivity index (χ1n) is 7.13. The summed E-state index contributed by atoms with van der Waals surface area (Å²) in [6, 6.07) is 4.12. The largest absolute Gasteiger partial charge is 0.486 e. The number of fused-ring (bicyclic) bond motifs is 1. The number of hydrogen-bond acceptors (Lipinski definition) is 4. The minimum Gasteiger partial charge on any atom is -0.486 e. The molecule has 0 bridgehead atoms. The second kappa shape index (κ2) is 6.20. The van der Waals surface area contributed by atoms with Gasteiger partial charge in [0.25, 0.3) is 0 Å². The SMILES string of the molecule is CNC(c1cc2c(cc1Cl)OCCO2)C1CCOCC1. The molecule has 0 aromatic heterocycles. The molecule has 0 saturated carbocycles. The Labute approximate surface area is 124 Å². The van der Waals surface area contributed by atoms with E-state index in [9.17, 15) is 0 Å². The maximum Gasteiger partial charge on any atom is 0.162 e. The van der Waals surface area contributed by atoms with Crippen molar-refractivity contribution in [3.8, 4) is 11.5 Å². The topological polar surface area (TPSA) is 39.7 Å². The third-order valence-corrected chi connectivity index (χ3v) is 4.37. The van der Waals surface area contributed by atoms with Gasteiger partial charge in [0, 0.05) is 30.3 Å². The van der Waals surface area contributed by atoms with E-state index in [1.807, 2.05) is 19.2 Å². The highest BCUT2D eigenvalue weighted by Crippen LogP contribution is 2.40. The van der Waals surface area contributed by atoms with E-state index in [4.69, 9.17) is 25.8 Å². The molecule has 2 heterocycles. The van der Waals surface area contributed by atoms with Crippen molar-refractivity contribution in [3.05, 3.63) is 22.7 Å². The van der Waals surface area contributed by atoms with E-state index in [0.29, 0.717) is 19.1 Å². The number of nitrogens with one attached hydrogen (secondary N) is 1. The minimum absolute atomic E-state index is 0.224. The predicted molar refractivity (Wildman–Crippen MR) is 77.8 cm³/mol. The van der Waals surface area contributed by atoms with Crippen molar-refractivity contribution in [1.29, 1.82) is 0 Å². The lowest BCUT2D eigenvalue weighted by atomic mass is 9.87. The summed E-state index contributed by atoms with van der Waals surface area (Å²) >= 11 is 6.45. The molecule has 1 aromatic carbocycles.